The monoisotopic (exact) mass is 344 g/mol. The summed E-state index contributed by atoms with van der Waals surface area (Å²) in [4.78, 5) is 23.5. The molecule has 0 saturated carbocycles. The first kappa shape index (κ1) is 18.2. The van der Waals surface area contributed by atoms with Crippen molar-refractivity contribution >= 4 is 29.0 Å². The van der Waals surface area contributed by atoms with Gasteiger partial charge in [-0.2, -0.15) is 0 Å². The number of nitrogens with one attached hydrogen (secondary N) is 2. The van der Waals surface area contributed by atoms with Crippen LogP contribution in [0.1, 0.15) is 42.7 Å². The number of hydrogen-bond acceptors (Lipinski definition) is 3. The molecule has 4 nitrogen and oxygen atoms in total. The van der Waals surface area contributed by atoms with Crippen LogP contribution in [0.4, 0.5) is 5.69 Å². The summed E-state index contributed by atoms with van der Waals surface area (Å²) in [6.45, 7) is 5.32. The maximum atomic E-state index is 12.3. The maximum Gasteiger partial charge on any atom is 0.241 e. The van der Waals surface area contributed by atoms with Crippen molar-refractivity contribution < 1.29 is 9.59 Å². The number of ketones is 1. The van der Waals surface area contributed by atoms with E-state index in [-0.39, 0.29) is 23.8 Å². The van der Waals surface area contributed by atoms with E-state index >= 15 is 0 Å². The topological polar surface area (TPSA) is 58.2 Å². The number of Topliss-reactive ketones (excluding diaryl/α,β-unsaturated/α-hetero) is 1. The molecule has 0 spiro atoms. The summed E-state index contributed by atoms with van der Waals surface area (Å²) in [7, 11) is 0. The molecular weight excluding hydrogens is 324 g/mol. The number of benzene rings is 2. The molecule has 0 aromatic heterocycles. The van der Waals surface area contributed by atoms with Gasteiger partial charge in [0.1, 0.15) is 0 Å². The predicted octanol–water partition coefficient (Wildman–Crippen LogP) is 4.22. The number of carbonyl (C=O) groups excluding carboxylic acids is 2. The summed E-state index contributed by atoms with van der Waals surface area (Å²) >= 11 is 5.89. The minimum atomic E-state index is -0.372. The SMILES string of the molecule is CC(=O)c1ccc(NC(=O)[C@H](C)N[C@@H](C)c2ccc(Cl)cc2)cc1. The Labute approximate surface area is 147 Å². The van der Waals surface area contributed by atoms with Crippen LogP contribution in [0.2, 0.25) is 5.02 Å². The summed E-state index contributed by atoms with van der Waals surface area (Å²) < 4.78 is 0. The van der Waals surface area contributed by atoms with E-state index in [0.717, 1.165) is 5.56 Å². The van der Waals surface area contributed by atoms with E-state index in [1.807, 2.05) is 38.1 Å². The van der Waals surface area contributed by atoms with E-state index < -0.39 is 0 Å². The Kier molecular flexibility index (Phi) is 6.12. The largest absolute Gasteiger partial charge is 0.325 e. The quantitative estimate of drug-likeness (QED) is 0.771. The van der Waals surface area contributed by atoms with E-state index in [0.29, 0.717) is 16.3 Å². The van der Waals surface area contributed by atoms with Gasteiger partial charge < -0.3 is 5.32 Å². The summed E-state index contributed by atoms with van der Waals surface area (Å²) in [5.41, 5.74) is 2.35. The van der Waals surface area contributed by atoms with Gasteiger partial charge in [0.05, 0.1) is 6.04 Å². The molecule has 0 heterocycles. The molecule has 0 fully saturated rings. The van der Waals surface area contributed by atoms with Crippen molar-refractivity contribution in [1.29, 1.82) is 0 Å². The normalized spacial score (nSPS) is 13.2. The van der Waals surface area contributed by atoms with Crippen LogP contribution in [0.25, 0.3) is 0 Å². The summed E-state index contributed by atoms with van der Waals surface area (Å²) in [5, 5.41) is 6.78. The third-order valence-corrected chi connectivity index (χ3v) is 4.07. The van der Waals surface area contributed by atoms with Gasteiger partial charge in [0, 0.05) is 22.3 Å². The van der Waals surface area contributed by atoms with Crippen LogP contribution in [0.15, 0.2) is 48.5 Å². The molecule has 2 rings (SSSR count). The fourth-order valence-corrected chi connectivity index (χ4v) is 2.46. The second-order valence-electron chi connectivity index (χ2n) is 5.78. The lowest BCUT2D eigenvalue weighted by Gasteiger charge is -2.20. The van der Waals surface area contributed by atoms with Gasteiger partial charge in [0.15, 0.2) is 5.78 Å². The van der Waals surface area contributed by atoms with Gasteiger partial charge in [-0.15, -0.1) is 0 Å². The molecule has 1 amide bonds. The Morgan fingerprint density at radius 3 is 2.08 bits per heavy atom. The lowest BCUT2D eigenvalue weighted by atomic mass is 10.1. The Hall–Kier alpha value is -2.17. The second-order valence-corrected chi connectivity index (χ2v) is 6.22. The third kappa shape index (κ3) is 4.91. The first-order valence-electron chi connectivity index (χ1n) is 7.80. The zero-order valence-corrected chi connectivity index (χ0v) is 14.7. The molecule has 24 heavy (non-hydrogen) atoms. The van der Waals surface area contributed by atoms with Crippen LogP contribution in [0, 0.1) is 0 Å². The number of amides is 1. The Morgan fingerprint density at radius 2 is 1.54 bits per heavy atom. The molecule has 2 atom stereocenters. The van der Waals surface area contributed by atoms with Crippen LogP contribution in [-0.2, 0) is 4.79 Å². The first-order valence-corrected chi connectivity index (χ1v) is 8.18. The fraction of sp³-hybridized carbons (Fsp3) is 0.263. The highest BCUT2D eigenvalue weighted by Gasteiger charge is 2.16. The fourth-order valence-electron chi connectivity index (χ4n) is 2.34. The molecule has 0 radical (unpaired) electrons. The zero-order chi connectivity index (χ0) is 17.7. The average Bonchev–Trinajstić information content (AvgIpc) is 2.55. The molecule has 0 saturated heterocycles. The number of halogens is 1. The summed E-state index contributed by atoms with van der Waals surface area (Å²) in [5.74, 6) is -0.133. The Morgan fingerprint density at radius 1 is 0.958 bits per heavy atom. The van der Waals surface area contributed by atoms with Gasteiger partial charge in [0.25, 0.3) is 0 Å². The molecule has 2 aromatic carbocycles. The molecule has 0 bridgehead atoms. The van der Waals surface area contributed by atoms with Gasteiger partial charge in [-0.1, -0.05) is 23.7 Å². The summed E-state index contributed by atoms with van der Waals surface area (Å²) in [6, 6.07) is 14.0. The van der Waals surface area contributed by atoms with Crippen molar-refractivity contribution in [1.82, 2.24) is 5.32 Å². The zero-order valence-electron chi connectivity index (χ0n) is 14.0. The first-order chi connectivity index (χ1) is 11.4. The standard InChI is InChI=1S/C19H21ClN2O2/c1-12(15-4-8-17(20)9-5-15)21-13(2)19(24)22-18-10-6-16(7-11-18)14(3)23/h4-13,21H,1-3H3,(H,22,24)/t12-,13-/m0/s1. The molecule has 0 aliphatic heterocycles. The van der Waals surface area contributed by atoms with E-state index in [1.165, 1.54) is 6.92 Å². The molecule has 2 aromatic rings. The van der Waals surface area contributed by atoms with E-state index in [2.05, 4.69) is 10.6 Å². The van der Waals surface area contributed by atoms with Crippen LogP contribution in [-0.4, -0.2) is 17.7 Å². The smallest absolute Gasteiger partial charge is 0.241 e. The molecule has 5 heteroatoms. The molecule has 126 valence electrons. The van der Waals surface area contributed by atoms with Gasteiger partial charge in [-0.05, 0) is 62.7 Å². The van der Waals surface area contributed by atoms with Gasteiger partial charge in [-0.25, -0.2) is 0 Å². The highest BCUT2D eigenvalue weighted by atomic mass is 35.5. The van der Waals surface area contributed by atoms with E-state index in [9.17, 15) is 9.59 Å². The number of rotatable bonds is 6. The maximum absolute atomic E-state index is 12.3. The predicted molar refractivity (Wildman–Crippen MR) is 97.5 cm³/mol. The number of anilines is 1. The molecule has 0 unspecified atom stereocenters. The van der Waals surface area contributed by atoms with Crippen molar-refractivity contribution in [3.63, 3.8) is 0 Å². The van der Waals surface area contributed by atoms with E-state index in [4.69, 9.17) is 11.6 Å². The lowest BCUT2D eigenvalue weighted by Crippen LogP contribution is -2.39. The average molecular weight is 345 g/mol. The molecular formula is C19H21ClN2O2. The summed E-state index contributed by atoms with van der Waals surface area (Å²) in [6.07, 6.45) is 0. The van der Waals surface area contributed by atoms with Crippen molar-refractivity contribution in [3.8, 4) is 0 Å². The molecule has 2 N–H and O–H groups in total. The van der Waals surface area contributed by atoms with Crippen LogP contribution < -0.4 is 10.6 Å². The Balaban J connectivity index is 1.93. The van der Waals surface area contributed by atoms with Crippen LogP contribution in [0.5, 0.6) is 0 Å². The Bertz CT molecular complexity index is 711. The number of carbonyl (C=O) groups is 2. The van der Waals surface area contributed by atoms with Crippen LogP contribution >= 0.6 is 11.6 Å². The highest BCUT2D eigenvalue weighted by Crippen LogP contribution is 2.17. The molecule has 0 aliphatic carbocycles. The lowest BCUT2D eigenvalue weighted by molar-refractivity contribution is -0.117. The van der Waals surface area contributed by atoms with Crippen LogP contribution in [0.3, 0.4) is 0 Å². The molecule has 0 aliphatic rings. The third-order valence-electron chi connectivity index (χ3n) is 3.82. The minimum Gasteiger partial charge on any atom is -0.325 e. The second kappa shape index (κ2) is 8.08. The van der Waals surface area contributed by atoms with Crippen molar-refractivity contribution in [3.05, 3.63) is 64.7 Å². The van der Waals surface area contributed by atoms with Crippen molar-refractivity contribution in [2.75, 3.05) is 5.32 Å². The van der Waals surface area contributed by atoms with Gasteiger partial charge in [-0.3, -0.25) is 14.9 Å². The number of hydrogen-bond donors (Lipinski definition) is 2. The van der Waals surface area contributed by atoms with Gasteiger partial charge >= 0.3 is 0 Å². The van der Waals surface area contributed by atoms with Crippen molar-refractivity contribution in [2.24, 2.45) is 0 Å². The van der Waals surface area contributed by atoms with Crippen molar-refractivity contribution in [2.45, 2.75) is 32.9 Å². The van der Waals surface area contributed by atoms with E-state index in [1.54, 1.807) is 24.3 Å². The minimum absolute atomic E-state index is 0.000277. The highest BCUT2D eigenvalue weighted by molar-refractivity contribution is 6.30. The van der Waals surface area contributed by atoms with Gasteiger partial charge in [0.2, 0.25) is 5.91 Å².